The maximum absolute atomic E-state index is 12.1. The summed E-state index contributed by atoms with van der Waals surface area (Å²) >= 11 is 6.59. The van der Waals surface area contributed by atoms with Crippen molar-refractivity contribution in [2.45, 2.75) is 0 Å². The van der Waals surface area contributed by atoms with Gasteiger partial charge >= 0.3 is 0 Å². The fourth-order valence-corrected chi connectivity index (χ4v) is 3.07. The van der Waals surface area contributed by atoms with Crippen molar-refractivity contribution in [2.75, 3.05) is 6.54 Å². The number of nitrogens with zero attached hydrogens (tertiary/aromatic N) is 1. The average molecular weight is 363 g/mol. The van der Waals surface area contributed by atoms with Crippen LogP contribution in [0, 0.1) is 0 Å². The second kappa shape index (κ2) is 6.54. The molecule has 6 nitrogen and oxygen atoms in total. The molecule has 0 saturated carbocycles. The molecule has 122 valence electrons. The lowest BCUT2D eigenvalue weighted by Gasteiger charge is -2.08. The first-order chi connectivity index (χ1) is 11.4. The molecule has 1 aromatic carbocycles. The number of carbonyl (C=O) groups is 3. The lowest BCUT2D eigenvalue weighted by atomic mass is 10.2. The summed E-state index contributed by atoms with van der Waals surface area (Å²) < 4.78 is 5.66. The number of amides is 3. The van der Waals surface area contributed by atoms with Gasteiger partial charge < -0.3 is 10.2 Å². The number of imide groups is 1. The van der Waals surface area contributed by atoms with Gasteiger partial charge in [0.15, 0.2) is 0 Å². The normalized spacial score (nSPS) is 16.2. The SMILES string of the molecule is NC(=O)CN1C(=O)S/C(=C\c2ccc(-c3ccc(Cl)cc3)o2)C1=O. The van der Waals surface area contributed by atoms with Crippen LogP contribution in [-0.2, 0) is 9.59 Å². The second-order valence-corrected chi connectivity index (χ2v) is 6.37. The highest BCUT2D eigenvalue weighted by Gasteiger charge is 2.36. The van der Waals surface area contributed by atoms with Gasteiger partial charge in [0.05, 0.1) is 4.91 Å². The van der Waals surface area contributed by atoms with Crippen LogP contribution in [0.25, 0.3) is 17.4 Å². The average Bonchev–Trinajstić information content (AvgIpc) is 3.09. The van der Waals surface area contributed by atoms with Crippen molar-refractivity contribution in [3.8, 4) is 11.3 Å². The van der Waals surface area contributed by atoms with E-state index in [1.165, 1.54) is 6.08 Å². The smallest absolute Gasteiger partial charge is 0.294 e. The van der Waals surface area contributed by atoms with Gasteiger partial charge in [-0.25, -0.2) is 0 Å². The third-order valence-corrected chi connectivity index (χ3v) is 4.38. The Morgan fingerprint density at radius 3 is 2.58 bits per heavy atom. The number of furan rings is 1. The third kappa shape index (κ3) is 3.37. The number of nitrogens with two attached hydrogens (primary N) is 1. The molecule has 0 spiro atoms. The fourth-order valence-electron chi connectivity index (χ4n) is 2.12. The van der Waals surface area contributed by atoms with E-state index in [0.29, 0.717) is 16.5 Å². The molecular formula is C16H11ClN2O4S. The van der Waals surface area contributed by atoms with Gasteiger partial charge in [-0.15, -0.1) is 0 Å². The summed E-state index contributed by atoms with van der Waals surface area (Å²) in [6.07, 6.45) is 1.46. The molecule has 1 aliphatic rings. The van der Waals surface area contributed by atoms with Crippen molar-refractivity contribution < 1.29 is 18.8 Å². The number of benzene rings is 1. The highest BCUT2D eigenvalue weighted by Crippen LogP contribution is 2.33. The van der Waals surface area contributed by atoms with Crippen LogP contribution in [0.2, 0.25) is 5.02 Å². The molecule has 2 aromatic rings. The molecule has 1 aliphatic heterocycles. The molecule has 3 rings (SSSR count). The van der Waals surface area contributed by atoms with Gasteiger partial charge in [0.25, 0.3) is 11.1 Å². The van der Waals surface area contributed by atoms with Crippen LogP contribution in [0.5, 0.6) is 0 Å². The number of halogens is 1. The Labute approximate surface area is 146 Å². The molecule has 2 N–H and O–H groups in total. The van der Waals surface area contributed by atoms with Crippen LogP contribution < -0.4 is 5.73 Å². The van der Waals surface area contributed by atoms with E-state index in [1.54, 1.807) is 24.3 Å². The number of carbonyl (C=O) groups excluding carboxylic acids is 3. The van der Waals surface area contributed by atoms with Crippen molar-refractivity contribution in [1.82, 2.24) is 4.90 Å². The highest BCUT2D eigenvalue weighted by molar-refractivity contribution is 8.18. The summed E-state index contributed by atoms with van der Waals surface area (Å²) in [5, 5.41) is 0.0863. The van der Waals surface area contributed by atoms with Crippen molar-refractivity contribution in [2.24, 2.45) is 5.73 Å². The monoisotopic (exact) mass is 362 g/mol. The first-order valence-electron chi connectivity index (χ1n) is 6.83. The summed E-state index contributed by atoms with van der Waals surface area (Å²) in [6.45, 7) is -0.434. The molecule has 1 aromatic heterocycles. The van der Waals surface area contributed by atoms with Gasteiger partial charge in [-0.2, -0.15) is 0 Å². The molecule has 1 fully saturated rings. The topological polar surface area (TPSA) is 93.6 Å². The zero-order chi connectivity index (χ0) is 17.3. The zero-order valence-electron chi connectivity index (χ0n) is 12.2. The molecular weight excluding hydrogens is 352 g/mol. The molecule has 1 saturated heterocycles. The predicted molar refractivity (Wildman–Crippen MR) is 91.0 cm³/mol. The van der Waals surface area contributed by atoms with Gasteiger partial charge in [0.1, 0.15) is 18.1 Å². The Balaban J connectivity index is 1.82. The predicted octanol–water partition coefficient (Wildman–Crippen LogP) is 3.12. The summed E-state index contributed by atoms with van der Waals surface area (Å²) in [5.74, 6) is -0.284. The molecule has 0 atom stereocenters. The van der Waals surface area contributed by atoms with Crippen LogP contribution >= 0.6 is 23.4 Å². The summed E-state index contributed by atoms with van der Waals surface area (Å²) in [5.41, 5.74) is 5.87. The Hall–Kier alpha value is -2.51. The van der Waals surface area contributed by atoms with Crippen LogP contribution in [0.15, 0.2) is 45.7 Å². The first-order valence-corrected chi connectivity index (χ1v) is 8.03. The van der Waals surface area contributed by atoms with E-state index in [1.807, 2.05) is 12.1 Å². The van der Waals surface area contributed by atoms with Crippen LogP contribution in [-0.4, -0.2) is 28.5 Å². The number of rotatable bonds is 4. The van der Waals surface area contributed by atoms with E-state index in [9.17, 15) is 14.4 Å². The molecule has 24 heavy (non-hydrogen) atoms. The molecule has 3 amide bonds. The lowest BCUT2D eigenvalue weighted by molar-refractivity contribution is -0.127. The molecule has 0 radical (unpaired) electrons. The molecule has 0 bridgehead atoms. The van der Waals surface area contributed by atoms with Gasteiger partial charge in [-0.1, -0.05) is 11.6 Å². The highest BCUT2D eigenvalue weighted by atomic mass is 35.5. The fraction of sp³-hybridized carbons (Fsp3) is 0.0625. The Kier molecular flexibility index (Phi) is 4.46. The Morgan fingerprint density at radius 1 is 1.21 bits per heavy atom. The van der Waals surface area contributed by atoms with Gasteiger partial charge in [-0.3, -0.25) is 19.3 Å². The number of primary amides is 1. The standard InChI is InChI=1S/C16H11ClN2O4S/c17-10-3-1-9(2-4-10)12-6-5-11(23-12)7-13-15(21)19(8-14(18)20)16(22)24-13/h1-7H,8H2,(H2,18,20)/b13-7-. The number of hydrogen-bond acceptors (Lipinski definition) is 5. The van der Waals surface area contributed by atoms with Crippen LogP contribution in [0.3, 0.4) is 0 Å². The van der Waals surface area contributed by atoms with Crippen molar-refractivity contribution in [3.63, 3.8) is 0 Å². The minimum Gasteiger partial charge on any atom is -0.457 e. The van der Waals surface area contributed by atoms with E-state index < -0.39 is 23.6 Å². The minimum atomic E-state index is -0.749. The van der Waals surface area contributed by atoms with Gasteiger partial charge in [0.2, 0.25) is 5.91 Å². The van der Waals surface area contributed by atoms with E-state index in [2.05, 4.69) is 0 Å². The van der Waals surface area contributed by atoms with Crippen molar-refractivity contribution in [1.29, 1.82) is 0 Å². The first kappa shape index (κ1) is 16.4. The van der Waals surface area contributed by atoms with Crippen LogP contribution in [0.4, 0.5) is 4.79 Å². The Morgan fingerprint density at radius 2 is 1.92 bits per heavy atom. The molecule has 2 heterocycles. The van der Waals surface area contributed by atoms with Gasteiger partial charge in [0, 0.05) is 16.7 Å². The van der Waals surface area contributed by atoms with Crippen LogP contribution in [0.1, 0.15) is 5.76 Å². The summed E-state index contributed by atoms with van der Waals surface area (Å²) in [6, 6.07) is 10.6. The largest absolute Gasteiger partial charge is 0.457 e. The third-order valence-electron chi connectivity index (χ3n) is 3.22. The number of thioether (sulfide) groups is 1. The van der Waals surface area contributed by atoms with E-state index in [0.717, 1.165) is 22.2 Å². The van der Waals surface area contributed by atoms with Crippen molar-refractivity contribution in [3.05, 3.63) is 52.1 Å². The van der Waals surface area contributed by atoms with Gasteiger partial charge in [-0.05, 0) is 48.2 Å². The van der Waals surface area contributed by atoms with E-state index >= 15 is 0 Å². The molecule has 8 heteroatoms. The zero-order valence-corrected chi connectivity index (χ0v) is 13.8. The Bertz CT molecular complexity index is 857. The summed E-state index contributed by atoms with van der Waals surface area (Å²) in [7, 11) is 0. The molecule has 0 aliphatic carbocycles. The van der Waals surface area contributed by atoms with Crippen molar-refractivity contribution >= 4 is 46.5 Å². The molecule has 0 unspecified atom stereocenters. The van der Waals surface area contributed by atoms with E-state index in [4.69, 9.17) is 21.8 Å². The number of hydrogen-bond donors (Lipinski definition) is 1. The quantitative estimate of drug-likeness (QED) is 0.843. The van der Waals surface area contributed by atoms with E-state index in [-0.39, 0.29) is 4.91 Å². The maximum atomic E-state index is 12.1. The lowest BCUT2D eigenvalue weighted by Crippen LogP contribution is -2.36. The minimum absolute atomic E-state index is 0.179. The second-order valence-electron chi connectivity index (χ2n) is 4.94. The summed E-state index contributed by atoms with van der Waals surface area (Å²) in [4.78, 5) is 35.8. The maximum Gasteiger partial charge on any atom is 0.294 e.